The molecule has 1 aromatic heterocycles. The van der Waals surface area contributed by atoms with Gasteiger partial charge in [-0.1, -0.05) is 12.8 Å². The van der Waals surface area contributed by atoms with Crippen LogP contribution in [0.4, 0.5) is 0 Å². The van der Waals surface area contributed by atoms with Gasteiger partial charge >= 0.3 is 0 Å². The highest BCUT2D eigenvalue weighted by Gasteiger charge is 2.34. The van der Waals surface area contributed by atoms with Crippen molar-refractivity contribution in [1.29, 1.82) is 5.26 Å². The number of aromatic nitrogens is 1. The van der Waals surface area contributed by atoms with Crippen LogP contribution in [0.1, 0.15) is 31.4 Å². The molecule has 1 fully saturated rings. The van der Waals surface area contributed by atoms with Crippen LogP contribution in [0, 0.1) is 17.2 Å². The summed E-state index contributed by atoms with van der Waals surface area (Å²) in [5.74, 6) is 0.199. The van der Waals surface area contributed by atoms with Gasteiger partial charge in [0.15, 0.2) is 0 Å². The van der Waals surface area contributed by atoms with E-state index in [0.717, 1.165) is 25.7 Å². The molecule has 2 rings (SSSR count). The van der Waals surface area contributed by atoms with Crippen LogP contribution >= 0.6 is 0 Å². The molecule has 2 unspecified atom stereocenters. The molecule has 2 N–H and O–H groups in total. The Morgan fingerprint density at radius 2 is 2.14 bits per heavy atom. The maximum absolute atomic E-state index is 12.7. The second-order valence-electron chi connectivity index (χ2n) is 5.36. The van der Waals surface area contributed by atoms with E-state index in [1.165, 1.54) is 22.6 Å². The lowest BCUT2D eigenvalue weighted by molar-refractivity contribution is 0.204. The summed E-state index contributed by atoms with van der Waals surface area (Å²) in [6.45, 7) is 0.496. The smallest absolute Gasteiger partial charge is 0.244 e. The van der Waals surface area contributed by atoms with Gasteiger partial charge in [-0.25, -0.2) is 13.4 Å². The van der Waals surface area contributed by atoms with E-state index in [0.29, 0.717) is 6.54 Å². The van der Waals surface area contributed by atoms with Crippen LogP contribution in [0.2, 0.25) is 0 Å². The fourth-order valence-corrected chi connectivity index (χ4v) is 4.28. The van der Waals surface area contributed by atoms with E-state index >= 15 is 0 Å². The summed E-state index contributed by atoms with van der Waals surface area (Å²) in [6, 6.07) is 4.66. The van der Waals surface area contributed by atoms with Gasteiger partial charge in [-0.3, -0.25) is 0 Å². The quantitative estimate of drug-likeness (QED) is 0.897. The van der Waals surface area contributed by atoms with Gasteiger partial charge in [-0.05, 0) is 37.4 Å². The van der Waals surface area contributed by atoms with Crippen molar-refractivity contribution in [1.82, 2.24) is 9.29 Å². The van der Waals surface area contributed by atoms with Crippen LogP contribution in [-0.2, 0) is 10.0 Å². The lowest BCUT2D eigenvalue weighted by Crippen LogP contribution is -2.45. The Hall–Kier alpha value is -1.49. The fraction of sp³-hybridized carbons (Fsp3) is 0.571. The Bertz CT molecular complexity index is 621. The summed E-state index contributed by atoms with van der Waals surface area (Å²) >= 11 is 0. The number of hydrogen-bond donors (Lipinski definition) is 1. The maximum atomic E-state index is 12.7. The van der Waals surface area contributed by atoms with Gasteiger partial charge in [0.25, 0.3) is 0 Å². The Balaban J connectivity index is 2.26. The topological polar surface area (TPSA) is 100 Å². The molecule has 0 aromatic carbocycles. The van der Waals surface area contributed by atoms with E-state index < -0.39 is 10.0 Å². The highest BCUT2D eigenvalue weighted by atomic mass is 32.2. The Morgan fingerprint density at radius 3 is 2.71 bits per heavy atom. The van der Waals surface area contributed by atoms with Crippen LogP contribution in [0.25, 0.3) is 0 Å². The second kappa shape index (κ2) is 6.52. The third-order valence-corrected chi connectivity index (χ3v) is 6.03. The van der Waals surface area contributed by atoms with Crippen molar-refractivity contribution in [2.24, 2.45) is 11.7 Å². The number of sulfonamides is 1. The van der Waals surface area contributed by atoms with Crippen molar-refractivity contribution in [3.8, 4) is 6.07 Å². The summed E-state index contributed by atoms with van der Waals surface area (Å²) in [5, 5.41) is 8.72. The molecule has 21 heavy (non-hydrogen) atoms. The molecule has 1 aromatic rings. The van der Waals surface area contributed by atoms with Crippen LogP contribution in [0.5, 0.6) is 0 Å². The first kappa shape index (κ1) is 15.9. The molecule has 0 amide bonds. The van der Waals surface area contributed by atoms with E-state index in [1.54, 1.807) is 7.05 Å². The molecule has 2 atom stereocenters. The molecule has 1 heterocycles. The van der Waals surface area contributed by atoms with Crippen molar-refractivity contribution < 1.29 is 8.42 Å². The monoisotopic (exact) mass is 308 g/mol. The number of rotatable bonds is 4. The molecule has 0 saturated heterocycles. The molecule has 114 valence electrons. The summed E-state index contributed by atoms with van der Waals surface area (Å²) in [4.78, 5) is 3.95. The van der Waals surface area contributed by atoms with Gasteiger partial charge in [0.2, 0.25) is 10.0 Å². The van der Waals surface area contributed by atoms with E-state index in [2.05, 4.69) is 4.98 Å². The molecule has 1 saturated carbocycles. The minimum absolute atomic E-state index is 0.0654. The van der Waals surface area contributed by atoms with Gasteiger partial charge in [0.1, 0.15) is 16.7 Å². The van der Waals surface area contributed by atoms with E-state index in [1.807, 2.05) is 6.07 Å². The average molecular weight is 308 g/mol. The molecule has 1 aliphatic carbocycles. The Labute approximate surface area is 125 Å². The average Bonchev–Trinajstić information content (AvgIpc) is 2.54. The van der Waals surface area contributed by atoms with E-state index in [4.69, 9.17) is 11.0 Å². The molecule has 1 aliphatic rings. The number of nitrogens with two attached hydrogens (primary N) is 1. The van der Waals surface area contributed by atoms with Crippen LogP contribution in [0.15, 0.2) is 23.2 Å². The first-order valence-electron chi connectivity index (χ1n) is 7.05. The molecular weight excluding hydrogens is 288 g/mol. The zero-order valence-corrected chi connectivity index (χ0v) is 12.9. The van der Waals surface area contributed by atoms with Crippen molar-refractivity contribution in [2.45, 2.75) is 36.6 Å². The molecule has 0 radical (unpaired) electrons. The highest BCUT2D eigenvalue weighted by Crippen LogP contribution is 2.30. The lowest BCUT2D eigenvalue weighted by Gasteiger charge is -2.36. The summed E-state index contributed by atoms with van der Waals surface area (Å²) in [6.07, 6.45) is 5.16. The normalized spacial score (nSPS) is 23.0. The second-order valence-corrected chi connectivity index (χ2v) is 7.36. The standard InChI is InChI=1S/C14H20N4O2S/c1-18(14-5-3-2-4-11(14)8-15)21(19,20)13-7-6-12(9-16)17-10-13/h6-7,10-11,14H,2-5,8,15H2,1H3. The zero-order chi connectivity index (χ0) is 15.5. The molecule has 6 nitrogen and oxygen atoms in total. The van der Waals surface area contributed by atoms with Crippen molar-refractivity contribution in [2.75, 3.05) is 13.6 Å². The molecule has 0 bridgehead atoms. The largest absolute Gasteiger partial charge is 0.330 e. The first-order chi connectivity index (χ1) is 10.0. The Kier molecular flexibility index (Phi) is 4.93. The van der Waals surface area contributed by atoms with Crippen LogP contribution in [0.3, 0.4) is 0 Å². The van der Waals surface area contributed by atoms with Crippen molar-refractivity contribution >= 4 is 10.0 Å². The third-order valence-electron chi connectivity index (χ3n) is 4.17. The van der Waals surface area contributed by atoms with Gasteiger partial charge in [0, 0.05) is 19.3 Å². The predicted octanol–water partition coefficient (Wildman–Crippen LogP) is 1.09. The first-order valence-corrected chi connectivity index (χ1v) is 8.49. The highest BCUT2D eigenvalue weighted by molar-refractivity contribution is 7.89. The number of pyridine rings is 1. The van der Waals surface area contributed by atoms with Gasteiger partial charge in [-0.15, -0.1) is 0 Å². The summed E-state index contributed by atoms with van der Waals surface area (Å²) < 4.78 is 26.7. The Morgan fingerprint density at radius 1 is 1.43 bits per heavy atom. The molecular formula is C14H20N4O2S. The number of hydrogen-bond acceptors (Lipinski definition) is 5. The molecule has 7 heteroatoms. The van der Waals surface area contributed by atoms with Gasteiger partial charge in [-0.2, -0.15) is 9.57 Å². The number of nitrogens with zero attached hydrogens (tertiary/aromatic N) is 3. The van der Waals surface area contributed by atoms with Gasteiger partial charge < -0.3 is 5.73 Å². The SMILES string of the molecule is CN(C1CCCCC1CN)S(=O)(=O)c1ccc(C#N)nc1. The third kappa shape index (κ3) is 3.23. The molecule has 0 spiro atoms. The summed E-state index contributed by atoms with van der Waals surface area (Å²) in [5.41, 5.74) is 5.98. The molecule has 0 aliphatic heterocycles. The predicted molar refractivity (Wildman–Crippen MR) is 78.7 cm³/mol. The van der Waals surface area contributed by atoms with Crippen LogP contribution < -0.4 is 5.73 Å². The van der Waals surface area contributed by atoms with Crippen molar-refractivity contribution in [3.05, 3.63) is 24.0 Å². The zero-order valence-electron chi connectivity index (χ0n) is 12.1. The van der Waals surface area contributed by atoms with Crippen molar-refractivity contribution in [3.63, 3.8) is 0 Å². The maximum Gasteiger partial charge on any atom is 0.244 e. The summed E-state index contributed by atoms with van der Waals surface area (Å²) in [7, 11) is -2.00. The minimum atomic E-state index is -3.60. The van der Waals surface area contributed by atoms with Gasteiger partial charge in [0.05, 0.1) is 0 Å². The number of nitriles is 1. The van der Waals surface area contributed by atoms with E-state index in [-0.39, 0.29) is 22.5 Å². The van der Waals surface area contributed by atoms with Crippen LogP contribution in [-0.4, -0.2) is 37.3 Å². The van der Waals surface area contributed by atoms with E-state index in [9.17, 15) is 8.42 Å². The minimum Gasteiger partial charge on any atom is -0.330 e. The lowest BCUT2D eigenvalue weighted by atomic mass is 9.85. The fourth-order valence-electron chi connectivity index (χ4n) is 2.89.